The molecule has 1 aliphatic heterocycles. The Kier molecular flexibility index (Phi) is 4.08. The highest BCUT2D eigenvalue weighted by atomic mass is 19.1. The van der Waals surface area contributed by atoms with Crippen LogP contribution in [0, 0.1) is 5.82 Å². The summed E-state index contributed by atoms with van der Waals surface area (Å²) in [7, 11) is 0. The smallest absolute Gasteiger partial charge is 0.274 e. The summed E-state index contributed by atoms with van der Waals surface area (Å²) in [5.41, 5.74) is 0.714. The van der Waals surface area contributed by atoms with Crippen LogP contribution >= 0.6 is 0 Å². The Morgan fingerprint density at radius 3 is 2.81 bits per heavy atom. The lowest BCUT2D eigenvalue weighted by Gasteiger charge is -2.34. The van der Waals surface area contributed by atoms with Crippen LogP contribution in [0.1, 0.15) is 16.1 Å². The number of piperazine rings is 1. The van der Waals surface area contributed by atoms with E-state index in [-0.39, 0.29) is 36.4 Å². The fraction of sp³-hybridized carbons (Fsp3) is 0.222. The Labute approximate surface area is 148 Å². The summed E-state index contributed by atoms with van der Waals surface area (Å²) in [5, 5.41) is 0. The van der Waals surface area contributed by atoms with Crippen LogP contribution in [0.3, 0.4) is 0 Å². The van der Waals surface area contributed by atoms with Crippen molar-refractivity contribution in [1.29, 1.82) is 0 Å². The Balaban J connectivity index is 1.45. The van der Waals surface area contributed by atoms with Gasteiger partial charge < -0.3 is 9.80 Å². The fourth-order valence-corrected chi connectivity index (χ4v) is 2.98. The molecule has 132 valence electrons. The maximum atomic E-state index is 13.8. The summed E-state index contributed by atoms with van der Waals surface area (Å²) < 4.78 is 15.4. The fourth-order valence-electron chi connectivity index (χ4n) is 2.98. The first kappa shape index (κ1) is 16.2. The first-order chi connectivity index (χ1) is 12.6. The van der Waals surface area contributed by atoms with Gasteiger partial charge >= 0.3 is 0 Å². The average Bonchev–Trinajstić information content (AvgIpc) is 3.08. The number of carbonyl (C=O) groups excluding carboxylic acids is 2. The van der Waals surface area contributed by atoms with Gasteiger partial charge in [-0.3, -0.25) is 14.0 Å². The van der Waals surface area contributed by atoms with E-state index in [9.17, 15) is 14.0 Å². The van der Waals surface area contributed by atoms with Crippen molar-refractivity contribution in [2.45, 2.75) is 6.54 Å². The molecule has 0 bridgehead atoms. The monoisotopic (exact) mass is 353 g/mol. The number of amides is 2. The molecule has 3 heterocycles. The second-order valence-electron chi connectivity index (χ2n) is 6.09. The van der Waals surface area contributed by atoms with E-state index in [2.05, 4.69) is 9.97 Å². The Morgan fingerprint density at radius 2 is 2.04 bits per heavy atom. The van der Waals surface area contributed by atoms with Crippen molar-refractivity contribution in [3.05, 3.63) is 66.0 Å². The van der Waals surface area contributed by atoms with Crippen LogP contribution in [0.15, 0.2) is 48.9 Å². The molecule has 1 aliphatic rings. The first-order valence-electron chi connectivity index (χ1n) is 8.22. The number of nitrogens with zero attached hydrogens (tertiary/aromatic N) is 5. The van der Waals surface area contributed by atoms with Gasteiger partial charge in [-0.15, -0.1) is 0 Å². The highest BCUT2D eigenvalue weighted by Gasteiger charge is 2.29. The van der Waals surface area contributed by atoms with E-state index in [1.54, 1.807) is 52.2 Å². The van der Waals surface area contributed by atoms with Crippen LogP contribution in [0.5, 0.6) is 0 Å². The van der Waals surface area contributed by atoms with E-state index in [0.717, 1.165) is 0 Å². The van der Waals surface area contributed by atoms with Crippen molar-refractivity contribution in [2.24, 2.45) is 0 Å². The number of hydrogen-bond donors (Lipinski definition) is 0. The molecule has 0 N–H and O–H groups in total. The summed E-state index contributed by atoms with van der Waals surface area (Å²) >= 11 is 0. The maximum absolute atomic E-state index is 13.8. The second-order valence-corrected chi connectivity index (χ2v) is 6.09. The number of fused-ring (bicyclic) bond motifs is 1. The number of hydrogen-bond acceptors (Lipinski definition) is 4. The summed E-state index contributed by atoms with van der Waals surface area (Å²) in [6.45, 7) is 0.880. The molecule has 7 nitrogen and oxygen atoms in total. The minimum Gasteiger partial charge on any atom is -0.335 e. The average molecular weight is 353 g/mol. The first-order valence-corrected chi connectivity index (χ1v) is 8.22. The van der Waals surface area contributed by atoms with Crippen molar-refractivity contribution < 1.29 is 14.0 Å². The van der Waals surface area contributed by atoms with Gasteiger partial charge in [0.05, 0.1) is 0 Å². The molecule has 0 unspecified atom stereocenters. The van der Waals surface area contributed by atoms with Crippen LogP contribution in [0.25, 0.3) is 5.78 Å². The van der Waals surface area contributed by atoms with E-state index >= 15 is 0 Å². The van der Waals surface area contributed by atoms with Crippen LogP contribution in [0.4, 0.5) is 4.39 Å². The van der Waals surface area contributed by atoms with Gasteiger partial charge in [0.25, 0.3) is 5.91 Å². The van der Waals surface area contributed by atoms with Gasteiger partial charge in [0.2, 0.25) is 11.7 Å². The van der Waals surface area contributed by atoms with E-state index in [1.165, 1.54) is 11.0 Å². The van der Waals surface area contributed by atoms with Crippen molar-refractivity contribution in [3.63, 3.8) is 0 Å². The van der Waals surface area contributed by atoms with E-state index in [0.29, 0.717) is 24.4 Å². The molecule has 2 aromatic heterocycles. The van der Waals surface area contributed by atoms with Gasteiger partial charge in [-0.1, -0.05) is 18.2 Å². The van der Waals surface area contributed by atoms with Crippen LogP contribution in [0.2, 0.25) is 0 Å². The van der Waals surface area contributed by atoms with Crippen LogP contribution < -0.4 is 0 Å². The van der Waals surface area contributed by atoms with Gasteiger partial charge in [-0.05, 0) is 12.1 Å². The van der Waals surface area contributed by atoms with Gasteiger partial charge in [0.1, 0.15) is 18.1 Å². The molecule has 1 saturated heterocycles. The molecule has 0 saturated carbocycles. The molecule has 8 heteroatoms. The van der Waals surface area contributed by atoms with E-state index in [1.807, 2.05) is 0 Å². The lowest BCUT2D eigenvalue weighted by molar-refractivity contribution is -0.135. The highest BCUT2D eigenvalue weighted by molar-refractivity contribution is 5.95. The predicted molar refractivity (Wildman–Crippen MR) is 90.7 cm³/mol. The molecule has 1 aromatic carbocycles. The third-order valence-corrected chi connectivity index (χ3v) is 4.38. The minimum absolute atomic E-state index is 0.0470. The number of carbonyl (C=O) groups is 2. The lowest BCUT2D eigenvalue weighted by Crippen LogP contribution is -2.51. The zero-order valence-electron chi connectivity index (χ0n) is 13.9. The Hall–Kier alpha value is -3.29. The van der Waals surface area contributed by atoms with E-state index < -0.39 is 0 Å². The van der Waals surface area contributed by atoms with Gasteiger partial charge in [0, 0.05) is 43.8 Å². The molecule has 0 aliphatic carbocycles. The molecular formula is C18H16FN5O2. The second kappa shape index (κ2) is 6.55. The van der Waals surface area contributed by atoms with Crippen molar-refractivity contribution >= 4 is 17.6 Å². The minimum atomic E-state index is -0.337. The normalized spacial score (nSPS) is 14.9. The highest BCUT2D eigenvalue weighted by Crippen LogP contribution is 2.14. The van der Waals surface area contributed by atoms with Crippen molar-refractivity contribution in [3.8, 4) is 0 Å². The number of imidazole rings is 1. The number of benzene rings is 1. The van der Waals surface area contributed by atoms with Crippen molar-refractivity contribution in [1.82, 2.24) is 24.2 Å². The number of aromatic nitrogens is 3. The standard InChI is InChI=1S/C18H16FN5O2/c19-14-5-2-1-4-13(14)10-22-8-9-23(12-16(22)25)17(26)15-11-24-7-3-6-20-18(24)21-15/h1-7,11H,8-10,12H2. The largest absolute Gasteiger partial charge is 0.335 e. The summed E-state index contributed by atoms with van der Waals surface area (Å²) in [6.07, 6.45) is 4.95. The van der Waals surface area contributed by atoms with Gasteiger partial charge in [-0.25, -0.2) is 14.4 Å². The summed E-state index contributed by atoms with van der Waals surface area (Å²) in [5.74, 6) is -0.430. The third kappa shape index (κ3) is 3.01. The molecule has 0 radical (unpaired) electrons. The lowest BCUT2D eigenvalue weighted by atomic mass is 10.2. The molecule has 0 spiro atoms. The third-order valence-electron chi connectivity index (χ3n) is 4.38. The SMILES string of the molecule is O=C1CN(C(=O)c2cn3cccnc3n2)CCN1Cc1ccccc1F. The molecule has 4 rings (SSSR count). The zero-order valence-corrected chi connectivity index (χ0v) is 13.9. The molecule has 2 amide bonds. The molecular weight excluding hydrogens is 337 g/mol. The Morgan fingerprint density at radius 1 is 1.19 bits per heavy atom. The maximum Gasteiger partial charge on any atom is 0.274 e. The molecule has 0 atom stereocenters. The van der Waals surface area contributed by atoms with Gasteiger partial charge in [0.15, 0.2) is 0 Å². The topological polar surface area (TPSA) is 70.8 Å². The number of halogens is 1. The van der Waals surface area contributed by atoms with E-state index in [4.69, 9.17) is 0 Å². The summed E-state index contributed by atoms with van der Waals surface area (Å²) in [6, 6.07) is 8.12. The van der Waals surface area contributed by atoms with Crippen LogP contribution in [-0.2, 0) is 11.3 Å². The van der Waals surface area contributed by atoms with Gasteiger partial charge in [-0.2, -0.15) is 0 Å². The van der Waals surface area contributed by atoms with Crippen LogP contribution in [-0.4, -0.2) is 55.6 Å². The quantitative estimate of drug-likeness (QED) is 0.713. The summed E-state index contributed by atoms with van der Waals surface area (Å²) in [4.78, 5) is 36.3. The predicted octanol–water partition coefficient (Wildman–Crippen LogP) is 1.35. The Bertz CT molecular complexity index is 953. The molecule has 1 fully saturated rings. The molecule has 3 aromatic rings. The number of rotatable bonds is 3. The van der Waals surface area contributed by atoms with Crippen molar-refractivity contribution in [2.75, 3.05) is 19.6 Å². The molecule has 26 heavy (non-hydrogen) atoms. The zero-order chi connectivity index (χ0) is 18.1.